The summed E-state index contributed by atoms with van der Waals surface area (Å²) in [6, 6.07) is 3.32. The second-order valence-corrected chi connectivity index (χ2v) is 4.87. The SMILES string of the molecule is CC(NCc1cc(Cl)cc(Cl)c1O)c1cn[nH]c1. The summed E-state index contributed by atoms with van der Waals surface area (Å²) >= 11 is 11.8. The third-order valence-corrected chi connectivity index (χ3v) is 3.23. The van der Waals surface area contributed by atoms with Gasteiger partial charge in [0.05, 0.1) is 11.2 Å². The predicted molar refractivity (Wildman–Crippen MR) is 72.0 cm³/mol. The largest absolute Gasteiger partial charge is 0.506 e. The molecule has 1 aromatic heterocycles. The van der Waals surface area contributed by atoms with Crippen molar-refractivity contribution in [1.82, 2.24) is 15.5 Å². The van der Waals surface area contributed by atoms with Crippen LogP contribution in [-0.4, -0.2) is 15.3 Å². The minimum Gasteiger partial charge on any atom is -0.506 e. The summed E-state index contributed by atoms with van der Waals surface area (Å²) in [6.07, 6.45) is 3.57. The van der Waals surface area contributed by atoms with Crippen LogP contribution in [-0.2, 0) is 6.54 Å². The fourth-order valence-electron chi connectivity index (χ4n) is 1.63. The van der Waals surface area contributed by atoms with Crippen molar-refractivity contribution in [3.05, 3.63) is 45.7 Å². The molecule has 0 radical (unpaired) electrons. The van der Waals surface area contributed by atoms with Gasteiger partial charge in [0.1, 0.15) is 5.75 Å². The summed E-state index contributed by atoms with van der Waals surface area (Å²) < 4.78 is 0. The summed E-state index contributed by atoms with van der Waals surface area (Å²) in [6.45, 7) is 2.48. The van der Waals surface area contributed by atoms with Crippen LogP contribution in [0, 0.1) is 0 Å². The van der Waals surface area contributed by atoms with Crippen molar-refractivity contribution in [2.75, 3.05) is 0 Å². The zero-order valence-electron chi connectivity index (χ0n) is 9.74. The van der Waals surface area contributed by atoms with Crippen LogP contribution in [0.25, 0.3) is 0 Å². The van der Waals surface area contributed by atoms with Crippen LogP contribution in [0.15, 0.2) is 24.5 Å². The average molecular weight is 286 g/mol. The molecule has 0 aliphatic heterocycles. The fourth-order valence-corrected chi connectivity index (χ4v) is 2.17. The van der Waals surface area contributed by atoms with Gasteiger partial charge in [-0.25, -0.2) is 0 Å². The summed E-state index contributed by atoms with van der Waals surface area (Å²) in [5.41, 5.74) is 1.71. The molecule has 3 N–H and O–H groups in total. The van der Waals surface area contributed by atoms with Gasteiger partial charge in [0.2, 0.25) is 0 Å². The number of nitrogens with zero attached hydrogens (tertiary/aromatic N) is 1. The van der Waals surface area contributed by atoms with Crippen LogP contribution in [0.5, 0.6) is 5.75 Å². The molecule has 4 nitrogen and oxygen atoms in total. The Morgan fingerprint density at radius 3 is 2.89 bits per heavy atom. The van der Waals surface area contributed by atoms with E-state index in [0.29, 0.717) is 17.1 Å². The highest BCUT2D eigenvalue weighted by Gasteiger charge is 2.10. The number of aromatic amines is 1. The third-order valence-electron chi connectivity index (χ3n) is 2.73. The van der Waals surface area contributed by atoms with E-state index in [0.717, 1.165) is 5.56 Å². The molecule has 0 aliphatic rings. The summed E-state index contributed by atoms with van der Waals surface area (Å²) in [4.78, 5) is 0. The Bertz CT molecular complexity index is 528. The lowest BCUT2D eigenvalue weighted by Gasteiger charge is -2.13. The van der Waals surface area contributed by atoms with Gasteiger partial charge in [0.25, 0.3) is 0 Å². The maximum atomic E-state index is 9.82. The first-order valence-electron chi connectivity index (χ1n) is 5.47. The lowest BCUT2D eigenvalue weighted by Crippen LogP contribution is -2.17. The first-order valence-corrected chi connectivity index (χ1v) is 6.22. The first kappa shape index (κ1) is 13.2. The van der Waals surface area contributed by atoms with Crippen molar-refractivity contribution >= 4 is 23.2 Å². The number of aromatic hydroxyl groups is 1. The number of hydrogen-bond acceptors (Lipinski definition) is 3. The van der Waals surface area contributed by atoms with Gasteiger partial charge >= 0.3 is 0 Å². The topological polar surface area (TPSA) is 60.9 Å². The van der Waals surface area contributed by atoms with Crippen molar-refractivity contribution < 1.29 is 5.11 Å². The number of nitrogens with one attached hydrogen (secondary N) is 2. The molecule has 1 aromatic carbocycles. The highest BCUT2D eigenvalue weighted by molar-refractivity contribution is 6.35. The first-order chi connectivity index (χ1) is 8.58. The molecule has 6 heteroatoms. The van der Waals surface area contributed by atoms with Crippen molar-refractivity contribution in [3.63, 3.8) is 0 Å². The molecule has 0 bridgehead atoms. The number of rotatable bonds is 4. The van der Waals surface area contributed by atoms with E-state index in [1.165, 1.54) is 6.07 Å². The highest BCUT2D eigenvalue weighted by atomic mass is 35.5. The monoisotopic (exact) mass is 285 g/mol. The smallest absolute Gasteiger partial charge is 0.138 e. The summed E-state index contributed by atoms with van der Waals surface area (Å²) in [7, 11) is 0. The van der Waals surface area contributed by atoms with Crippen molar-refractivity contribution in [2.45, 2.75) is 19.5 Å². The lowest BCUT2D eigenvalue weighted by atomic mass is 10.1. The van der Waals surface area contributed by atoms with Crippen LogP contribution in [0.3, 0.4) is 0 Å². The molecule has 0 amide bonds. The van der Waals surface area contributed by atoms with E-state index in [2.05, 4.69) is 15.5 Å². The molecule has 0 aliphatic carbocycles. The zero-order chi connectivity index (χ0) is 13.1. The van der Waals surface area contributed by atoms with E-state index in [-0.39, 0.29) is 16.8 Å². The highest BCUT2D eigenvalue weighted by Crippen LogP contribution is 2.31. The summed E-state index contributed by atoms with van der Waals surface area (Å²) in [5.74, 6) is 0.0629. The number of phenolic OH excluding ortho intramolecular Hbond substituents is 1. The molecule has 2 aromatic rings. The Morgan fingerprint density at radius 1 is 1.44 bits per heavy atom. The van der Waals surface area contributed by atoms with Crippen LogP contribution < -0.4 is 5.32 Å². The minimum absolute atomic E-state index is 0.0629. The number of phenols is 1. The van der Waals surface area contributed by atoms with Crippen molar-refractivity contribution in [2.24, 2.45) is 0 Å². The number of aromatic nitrogens is 2. The van der Waals surface area contributed by atoms with Gasteiger partial charge in [-0.05, 0) is 19.1 Å². The van der Waals surface area contributed by atoms with Crippen LogP contribution in [0.4, 0.5) is 0 Å². The van der Waals surface area contributed by atoms with E-state index in [1.807, 2.05) is 13.1 Å². The van der Waals surface area contributed by atoms with Crippen molar-refractivity contribution in [3.8, 4) is 5.75 Å². The molecular formula is C12H13Cl2N3O. The Kier molecular flexibility index (Phi) is 4.11. The Hall–Kier alpha value is -1.23. The maximum absolute atomic E-state index is 9.82. The molecule has 96 valence electrons. The van der Waals surface area contributed by atoms with E-state index < -0.39 is 0 Å². The van der Waals surface area contributed by atoms with Gasteiger partial charge in [0, 0.05) is 34.9 Å². The Balaban J connectivity index is 2.06. The molecule has 0 spiro atoms. The second kappa shape index (κ2) is 5.61. The maximum Gasteiger partial charge on any atom is 0.138 e. The molecular weight excluding hydrogens is 273 g/mol. The standard InChI is InChI=1S/C12H13Cl2N3O/c1-7(9-5-16-17-6-9)15-4-8-2-10(13)3-11(14)12(8)18/h2-3,5-7,15,18H,4H2,1H3,(H,16,17). The van der Waals surface area contributed by atoms with Gasteiger partial charge in [-0.3, -0.25) is 5.10 Å². The van der Waals surface area contributed by atoms with Crippen LogP contribution in [0.2, 0.25) is 10.0 Å². The van der Waals surface area contributed by atoms with E-state index in [4.69, 9.17) is 23.2 Å². The van der Waals surface area contributed by atoms with Gasteiger partial charge in [0.15, 0.2) is 0 Å². The molecule has 0 saturated carbocycles. The molecule has 1 heterocycles. The second-order valence-electron chi connectivity index (χ2n) is 4.03. The number of halogens is 2. The van der Waals surface area contributed by atoms with E-state index in [9.17, 15) is 5.11 Å². The normalized spacial score (nSPS) is 12.6. The Morgan fingerprint density at radius 2 is 2.22 bits per heavy atom. The quantitative estimate of drug-likeness (QED) is 0.808. The number of H-pyrrole nitrogens is 1. The zero-order valence-corrected chi connectivity index (χ0v) is 11.3. The van der Waals surface area contributed by atoms with Gasteiger partial charge in [-0.15, -0.1) is 0 Å². The predicted octanol–water partition coefficient (Wildman–Crippen LogP) is 3.27. The molecule has 18 heavy (non-hydrogen) atoms. The fraction of sp³-hybridized carbons (Fsp3) is 0.250. The van der Waals surface area contributed by atoms with Crippen LogP contribution >= 0.6 is 23.2 Å². The molecule has 1 unspecified atom stereocenters. The van der Waals surface area contributed by atoms with Gasteiger partial charge in [-0.2, -0.15) is 5.10 Å². The van der Waals surface area contributed by atoms with E-state index >= 15 is 0 Å². The lowest BCUT2D eigenvalue weighted by molar-refractivity contribution is 0.460. The summed E-state index contributed by atoms with van der Waals surface area (Å²) in [5, 5.41) is 20.5. The molecule has 1 atom stereocenters. The third kappa shape index (κ3) is 2.96. The number of benzene rings is 1. The Labute approximate surface area is 115 Å². The molecule has 0 fully saturated rings. The van der Waals surface area contributed by atoms with Crippen LogP contribution in [0.1, 0.15) is 24.1 Å². The minimum atomic E-state index is 0.0629. The van der Waals surface area contributed by atoms with E-state index in [1.54, 1.807) is 12.3 Å². The molecule has 0 saturated heterocycles. The van der Waals surface area contributed by atoms with Gasteiger partial charge in [-0.1, -0.05) is 23.2 Å². The van der Waals surface area contributed by atoms with Gasteiger partial charge < -0.3 is 10.4 Å². The average Bonchev–Trinajstić information content (AvgIpc) is 2.85. The molecule has 2 rings (SSSR count). The van der Waals surface area contributed by atoms with Crippen molar-refractivity contribution in [1.29, 1.82) is 0 Å². The number of hydrogen-bond donors (Lipinski definition) is 3.